The average molecular weight is 346 g/mol. The van der Waals surface area contributed by atoms with Crippen LogP contribution in [0.4, 0.5) is 4.39 Å². The molecule has 1 fully saturated rings. The predicted octanol–water partition coefficient (Wildman–Crippen LogP) is 2.46. The van der Waals surface area contributed by atoms with Crippen molar-refractivity contribution in [2.75, 3.05) is 18.1 Å². The number of benzene rings is 1. The molecule has 2 heterocycles. The van der Waals surface area contributed by atoms with Crippen molar-refractivity contribution in [2.45, 2.75) is 19.1 Å². The summed E-state index contributed by atoms with van der Waals surface area (Å²) in [6.07, 6.45) is 0.722. The van der Waals surface area contributed by atoms with Crippen LogP contribution in [-0.4, -0.2) is 34.2 Å². The average Bonchev–Trinajstić information content (AvgIpc) is 2.94. The Bertz CT molecular complexity index is 593. The first-order valence-corrected chi connectivity index (χ1v) is 7.96. The van der Waals surface area contributed by atoms with Gasteiger partial charge in [0.2, 0.25) is 11.7 Å². The lowest BCUT2D eigenvalue weighted by molar-refractivity contribution is 0.283. The maximum atomic E-state index is 13.0. The second-order valence-electron chi connectivity index (χ2n) is 4.78. The van der Waals surface area contributed by atoms with Gasteiger partial charge in [0.25, 0.3) is 0 Å². The highest BCUT2D eigenvalue weighted by Gasteiger charge is 2.17. The number of hydrogen-bond acceptors (Lipinski definition) is 6. The van der Waals surface area contributed by atoms with Crippen molar-refractivity contribution in [3.8, 4) is 5.75 Å². The molecule has 1 saturated heterocycles. The van der Waals surface area contributed by atoms with Crippen LogP contribution in [0.2, 0.25) is 0 Å². The highest BCUT2D eigenvalue weighted by Crippen LogP contribution is 2.14. The van der Waals surface area contributed by atoms with E-state index in [4.69, 9.17) is 9.26 Å². The van der Waals surface area contributed by atoms with Crippen LogP contribution < -0.4 is 10.1 Å². The molecule has 1 N–H and O–H groups in total. The van der Waals surface area contributed by atoms with Crippen molar-refractivity contribution in [3.05, 3.63) is 41.8 Å². The van der Waals surface area contributed by atoms with Crippen molar-refractivity contribution in [1.82, 2.24) is 15.5 Å². The van der Waals surface area contributed by atoms with Crippen LogP contribution >= 0.6 is 24.2 Å². The zero-order chi connectivity index (χ0) is 14.5. The lowest BCUT2D eigenvalue weighted by Crippen LogP contribution is -2.38. The Balaban J connectivity index is 0.00000176. The highest BCUT2D eigenvalue weighted by atomic mass is 35.5. The fourth-order valence-electron chi connectivity index (χ4n) is 2.10. The van der Waals surface area contributed by atoms with Crippen molar-refractivity contribution >= 4 is 24.2 Å². The van der Waals surface area contributed by atoms with E-state index in [-0.39, 0.29) is 24.8 Å². The van der Waals surface area contributed by atoms with E-state index in [2.05, 4.69) is 15.5 Å². The zero-order valence-corrected chi connectivity index (χ0v) is 13.5. The van der Waals surface area contributed by atoms with Gasteiger partial charge in [-0.3, -0.25) is 0 Å². The molecule has 0 saturated carbocycles. The lowest BCUT2D eigenvalue weighted by Gasteiger charge is -2.21. The van der Waals surface area contributed by atoms with Gasteiger partial charge in [0.1, 0.15) is 11.6 Å². The summed E-state index contributed by atoms with van der Waals surface area (Å²) in [5.74, 6) is 3.39. The Morgan fingerprint density at radius 3 is 3.14 bits per heavy atom. The molecule has 1 aromatic carbocycles. The first-order valence-electron chi connectivity index (χ1n) is 6.80. The van der Waals surface area contributed by atoms with Crippen LogP contribution in [0.15, 0.2) is 28.8 Å². The van der Waals surface area contributed by atoms with Gasteiger partial charge in [-0.1, -0.05) is 11.2 Å². The largest absolute Gasteiger partial charge is 0.485 e. The maximum Gasteiger partial charge on any atom is 0.228 e. The molecular formula is C14H17ClFN3O2S. The molecule has 8 heteroatoms. The molecule has 0 radical (unpaired) electrons. The van der Waals surface area contributed by atoms with Gasteiger partial charge in [-0.15, -0.1) is 12.4 Å². The number of halogens is 2. The summed E-state index contributed by atoms with van der Waals surface area (Å²) in [4.78, 5) is 4.30. The lowest BCUT2D eigenvalue weighted by atomic mass is 10.2. The summed E-state index contributed by atoms with van der Waals surface area (Å²) < 4.78 is 23.7. The number of ether oxygens (including phenoxy) is 1. The molecule has 0 bridgehead atoms. The summed E-state index contributed by atoms with van der Waals surface area (Å²) >= 11 is 1.93. The molecule has 1 atom stereocenters. The van der Waals surface area contributed by atoms with Gasteiger partial charge in [-0.2, -0.15) is 16.7 Å². The van der Waals surface area contributed by atoms with E-state index in [9.17, 15) is 4.39 Å². The van der Waals surface area contributed by atoms with E-state index in [1.165, 1.54) is 12.1 Å². The molecule has 1 aliphatic rings. The Morgan fingerprint density at radius 2 is 2.36 bits per heavy atom. The van der Waals surface area contributed by atoms with Crippen molar-refractivity contribution in [1.29, 1.82) is 0 Å². The van der Waals surface area contributed by atoms with Gasteiger partial charge < -0.3 is 14.6 Å². The van der Waals surface area contributed by atoms with Gasteiger partial charge in [0, 0.05) is 36.6 Å². The van der Waals surface area contributed by atoms with Crippen LogP contribution in [0.1, 0.15) is 11.7 Å². The minimum absolute atomic E-state index is 0. The van der Waals surface area contributed by atoms with Crippen LogP contribution in [0.5, 0.6) is 5.75 Å². The SMILES string of the molecule is Cl.Fc1cccc(OCc2noc(CC3CSCCN3)n2)c1. The molecule has 5 nitrogen and oxygen atoms in total. The number of aromatic nitrogens is 2. The molecule has 1 aliphatic heterocycles. The minimum Gasteiger partial charge on any atom is -0.485 e. The molecule has 3 rings (SSSR count). The quantitative estimate of drug-likeness (QED) is 0.898. The highest BCUT2D eigenvalue weighted by molar-refractivity contribution is 7.99. The summed E-state index contributed by atoms with van der Waals surface area (Å²) in [5.41, 5.74) is 0. The van der Waals surface area contributed by atoms with Crippen LogP contribution in [0, 0.1) is 5.82 Å². The van der Waals surface area contributed by atoms with E-state index < -0.39 is 0 Å². The van der Waals surface area contributed by atoms with Gasteiger partial charge in [-0.05, 0) is 12.1 Å². The van der Waals surface area contributed by atoms with Crippen LogP contribution in [0.25, 0.3) is 0 Å². The van der Waals surface area contributed by atoms with Gasteiger partial charge in [0.05, 0.1) is 0 Å². The molecule has 2 aromatic rings. The summed E-state index contributed by atoms with van der Waals surface area (Å²) in [6, 6.07) is 6.35. The Morgan fingerprint density at radius 1 is 1.45 bits per heavy atom. The number of thioether (sulfide) groups is 1. The third-order valence-electron chi connectivity index (χ3n) is 3.09. The van der Waals surface area contributed by atoms with E-state index >= 15 is 0 Å². The molecule has 120 valence electrons. The summed E-state index contributed by atoms with van der Waals surface area (Å²) in [6.45, 7) is 1.18. The Hall–Kier alpha value is -1.31. The van der Waals surface area contributed by atoms with E-state index in [1.54, 1.807) is 12.1 Å². The Kier molecular flexibility index (Phi) is 6.48. The van der Waals surface area contributed by atoms with Gasteiger partial charge in [0.15, 0.2) is 6.61 Å². The number of rotatable bonds is 5. The van der Waals surface area contributed by atoms with Crippen molar-refractivity contribution in [3.63, 3.8) is 0 Å². The van der Waals surface area contributed by atoms with Gasteiger partial charge in [-0.25, -0.2) is 4.39 Å². The predicted molar refractivity (Wildman–Crippen MR) is 85.1 cm³/mol. The fraction of sp³-hybridized carbons (Fsp3) is 0.429. The monoisotopic (exact) mass is 345 g/mol. The Labute approximate surface area is 138 Å². The topological polar surface area (TPSA) is 60.2 Å². The minimum atomic E-state index is -0.331. The molecule has 0 spiro atoms. The summed E-state index contributed by atoms with van der Waals surface area (Å²) in [7, 11) is 0. The molecule has 22 heavy (non-hydrogen) atoms. The van der Waals surface area contributed by atoms with E-state index in [1.807, 2.05) is 11.8 Å². The van der Waals surface area contributed by atoms with Crippen molar-refractivity contribution in [2.24, 2.45) is 0 Å². The number of nitrogens with zero attached hydrogens (tertiary/aromatic N) is 2. The molecule has 0 aliphatic carbocycles. The molecular weight excluding hydrogens is 329 g/mol. The number of hydrogen-bond donors (Lipinski definition) is 1. The van der Waals surface area contributed by atoms with E-state index in [0.717, 1.165) is 24.5 Å². The normalized spacial score (nSPS) is 17.8. The second-order valence-corrected chi connectivity index (χ2v) is 5.93. The first kappa shape index (κ1) is 17.1. The maximum absolute atomic E-state index is 13.0. The number of nitrogens with one attached hydrogen (secondary N) is 1. The van der Waals surface area contributed by atoms with Crippen LogP contribution in [-0.2, 0) is 13.0 Å². The van der Waals surface area contributed by atoms with Crippen molar-refractivity contribution < 1.29 is 13.7 Å². The zero-order valence-electron chi connectivity index (χ0n) is 11.8. The smallest absolute Gasteiger partial charge is 0.228 e. The molecule has 1 unspecified atom stereocenters. The van der Waals surface area contributed by atoms with Gasteiger partial charge >= 0.3 is 0 Å². The van der Waals surface area contributed by atoms with E-state index in [0.29, 0.717) is 23.5 Å². The van der Waals surface area contributed by atoms with Crippen LogP contribution in [0.3, 0.4) is 0 Å². The third kappa shape index (κ3) is 4.86. The standard InChI is InChI=1S/C14H16FN3O2S.ClH/c15-10-2-1-3-12(6-10)19-8-13-17-14(20-18-13)7-11-9-21-5-4-16-11;/h1-3,6,11,16H,4-5,7-9H2;1H. The first-order chi connectivity index (χ1) is 10.3. The summed E-state index contributed by atoms with van der Waals surface area (Å²) in [5, 5.41) is 7.30. The third-order valence-corrected chi connectivity index (χ3v) is 4.22. The molecule has 1 aromatic heterocycles. The second kappa shape index (κ2) is 8.36. The fourth-order valence-corrected chi connectivity index (χ4v) is 3.05. The molecule has 0 amide bonds.